The van der Waals surface area contributed by atoms with Gasteiger partial charge in [0, 0.05) is 0 Å². The van der Waals surface area contributed by atoms with Crippen molar-refractivity contribution in [2.45, 2.75) is 18.8 Å². The summed E-state index contributed by atoms with van der Waals surface area (Å²) in [4.78, 5) is 12.4. The molecule has 1 atom stereocenters. The Morgan fingerprint density at radius 2 is 1.95 bits per heavy atom. The molecule has 3 rings (SSSR count). The molecule has 2 nitrogen and oxygen atoms in total. The van der Waals surface area contributed by atoms with Gasteiger partial charge >= 0.3 is 0 Å². The van der Waals surface area contributed by atoms with Crippen LogP contribution < -0.4 is 5.32 Å². The standard InChI is InChI=1S/C16H12Cl2FNO/c1-16(8-9-5-6-13(19)12(18)7-9)10-3-2-4-11(17)14(10)20-15(16)21/h2-7H,8H2,1H3,(H,20,21). The third kappa shape index (κ3) is 2.30. The van der Waals surface area contributed by atoms with Crippen LogP contribution in [0.25, 0.3) is 0 Å². The van der Waals surface area contributed by atoms with Crippen LogP contribution >= 0.6 is 23.2 Å². The molecule has 5 heteroatoms. The van der Waals surface area contributed by atoms with E-state index in [4.69, 9.17) is 23.2 Å². The van der Waals surface area contributed by atoms with Crippen LogP contribution in [0, 0.1) is 5.82 Å². The van der Waals surface area contributed by atoms with Gasteiger partial charge in [0.05, 0.1) is 21.1 Å². The van der Waals surface area contributed by atoms with Crippen molar-refractivity contribution in [3.05, 3.63) is 63.4 Å². The van der Waals surface area contributed by atoms with E-state index in [1.807, 2.05) is 19.1 Å². The van der Waals surface area contributed by atoms with Gasteiger partial charge in [-0.15, -0.1) is 0 Å². The lowest BCUT2D eigenvalue weighted by atomic mass is 9.78. The molecule has 2 aromatic rings. The Hall–Kier alpha value is -1.58. The number of rotatable bonds is 2. The van der Waals surface area contributed by atoms with Crippen LogP contribution in [0.4, 0.5) is 10.1 Å². The minimum atomic E-state index is -0.749. The molecular formula is C16H12Cl2FNO. The first-order valence-corrected chi connectivity index (χ1v) is 7.22. The minimum absolute atomic E-state index is 0.0563. The van der Waals surface area contributed by atoms with E-state index in [0.29, 0.717) is 17.1 Å². The fourth-order valence-electron chi connectivity index (χ4n) is 2.72. The summed E-state index contributed by atoms with van der Waals surface area (Å²) in [6.07, 6.45) is 0.423. The second kappa shape index (κ2) is 5.00. The predicted molar refractivity (Wildman–Crippen MR) is 82.5 cm³/mol. The molecule has 0 aromatic heterocycles. The van der Waals surface area contributed by atoms with E-state index in [0.717, 1.165) is 11.1 Å². The molecule has 1 amide bonds. The fourth-order valence-corrected chi connectivity index (χ4v) is 3.14. The van der Waals surface area contributed by atoms with Crippen molar-refractivity contribution in [2.75, 3.05) is 5.32 Å². The van der Waals surface area contributed by atoms with E-state index in [1.54, 1.807) is 18.2 Å². The van der Waals surface area contributed by atoms with E-state index >= 15 is 0 Å². The van der Waals surface area contributed by atoms with Crippen molar-refractivity contribution in [3.63, 3.8) is 0 Å². The average molecular weight is 324 g/mol. The number of hydrogen-bond acceptors (Lipinski definition) is 1. The van der Waals surface area contributed by atoms with Crippen molar-refractivity contribution < 1.29 is 9.18 Å². The van der Waals surface area contributed by atoms with Gasteiger partial charge in [0.2, 0.25) is 5.91 Å². The number of benzene rings is 2. The Morgan fingerprint density at radius 3 is 2.67 bits per heavy atom. The lowest BCUT2D eigenvalue weighted by molar-refractivity contribution is -0.120. The van der Waals surface area contributed by atoms with Gasteiger partial charge < -0.3 is 5.32 Å². The summed E-state index contributed by atoms with van der Waals surface area (Å²) >= 11 is 11.9. The number of anilines is 1. The number of carbonyl (C=O) groups excluding carboxylic acids is 1. The molecule has 1 aliphatic rings. The summed E-state index contributed by atoms with van der Waals surface area (Å²) in [6, 6.07) is 9.94. The Balaban J connectivity index is 2.03. The summed E-state index contributed by atoms with van der Waals surface area (Å²) < 4.78 is 13.2. The normalized spacial score (nSPS) is 20.3. The van der Waals surface area contributed by atoms with Crippen LogP contribution in [0.1, 0.15) is 18.1 Å². The third-order valence-corrected chi connectivity index (χ3v) is 4.49. The molecule has 0 radical (unpaired) electrons. The minimum Gasteiger partial charge on any atom is -0.324 e. The molecule has 0 saturated heterocycles. The first-order valence-electron chi connectivity index (χ1n) is 6.46. The SMILES string of the molecule is CC1(Cc2ccc(F)c(Cl)c2)C(=O)Nc2c(Cl)cccc21. The molecule has 0 bridgehead atoms. The molecule has 1 aliphatic heterocycles. The van der Waals surface area contributed by atoms with Crippen LogP contribution in [-0.4, -0.2) is 5.91 Å². The number of carbonyl (C=O) groups is 1. The Kier molecular flexibility index (Phi) is 3.42. The van der Waals surface area contributed by atoms with Gasteiger partial charge in [0.1, 0.15) is 5.82 Å². The third-order valence-electron chi connectivity index (χ3n) is 3.89. The number of amides is 1. The van der Waals surface area contributed by atoms with Gasteiger partial charge in [-0.2, -0.15) is 0 Å². The highest BCUT2D eigenvalue weighted by Gasteiger charge is 2.43. The summed E-state index contributed by atoms with van der Waals surface area (Å²) in [5.74, 6) is -0.587. The topological polar surface area (TPSA) is 29.1 Å². The quantitative estimate of drug-likeness (QED) is 0.860. The van der Waals surface area contributed by atoms with Gasteiger partial charge in [0.25, 0.3) is 0 Å². The molecule has 1 unspecified atom stereocenters. The average Bonchev–Trinajstić information content (AvgIpc) is 2.68. The molecule has 0 saturated carbocycles. The van der Waals surface area contributed by atoms with Crippen LogP contribution in [0.2, 0.25) is 10.0 Å². The molecule has 0 spiro atoms. The molecule has 2 aromatic carbocycles. The van der Waals surface area contributed by atoms with Crippen LogP contribution in [0.5, 0.6) is 0 Å². The zero-order valence-electron chi connectivity index (χ0n) is 11.2. The molecule has 1 heterocycles. The summed E-state index contributed by atoms with van der Waals surface area (Å²) in [6.45, 7) is 1.85. The Bertz CT molecular complexity index is 747. The highest BCUT2D eigenvalue weighted by Crippen LogP contribution is 2.43. The van der Waals surface area contributed by atoms with Crippen molar-refractivity contribution in [1.29, 1.82) is 0 Å². The van der Waals surface area contributed by atoms with Crippen LogP contribution in [0.15, 0.2) is 36.4 Å². The maximum absolute atomic E-state index is 13.2. The zero-order chi connectivity index (χ0) is 15.2. The zero-order valence-corrected chi connectivity index (χ0v) is 12.7. The number of para-hydroxylation sites is 1. The van der Waals surface area contributed by atoms with E-state index in [9.17, 15) is 9.18 Å². The van der Waals surface area contributed by atoms with Gasteiger partial charge in [-0.3, -0.25) is 4.79 Å². The maximum Gasteiger partial charge on any atom is 0.235 e. The monoisotopic (exact) mass is 323 g/mol. The van der Waals surface area contributed by atoms with E-state index < -0.39 is 11.2 Å². The predicted octanol–water partition coefficient (Wildman–Crippen LogP) is 4.59. The van der Waals surface area contributed by atoms with Crippen molar-refractivity contribution in [2.24, 2.45) is 0 Å². The molecule has 108 valence electrons. The van der Waals surface area contributed by atoms with Gasteiger partial charge in [0.15, 0.2) is 0 Å². The Labute approximate surface area is 131 Å². The summed E-state index contributed by atoms with van der Waals surface area (Å²) in [5.41, 5.74) is 1.55. The second-order valence-corrected chi connectivity index (χ2v) is 6.19. The highest BCUT2D eigenvalue weighted by atomic mass is 35.5. The molecular weight excluding hydrogens is 312 g/mol. The van der Waals surface area contributed by atoms with Crippen LogP contribution in [0.3, 0.4) is 0 Å². The summed E-state index contributed by atoms with van der Waals surface area (Å²) in [5, 5.41) is 3.40. The maximum atomic E-state index is 13.2. The van der Waals surface area contributed by atoms with Crippen molar-refractivity contribution >= 4 is 34.8 Å². The molecule has 0 aliphatic carbocycles. The largest absolute Gasteiger partial charge is 0.324 e. The van der Waals surface area contributed by atoms with Crippen molar-refractivity contribution in [3.8, 4) is 0 Å². The smallest absolute Gasteiger partial charge is 0.235 e. The first-order chi connectivity index (χ1) is 9.91. The number of fused-ring (bicyclic) bond motifs is 1. The molecule has 1 N–H and O–H groups in total. The van der Waals surface area contributed by atoms with Crippen LogP contribution in [-0.2, 0) is 16.6 Å². The fraction of sp³-hybridized carbons (Fsp3) is 0.188. The second-order valence-electron chi connectivity index (χ2n) is 5.37. The Morgan fingerprint density at radius 1 is 1.19 bits per heavy atom. The number of nitrogens with one attached hydrogen (secondary N) is 1. The molecule has 21 heavy (non-hydrogen) atoms. The first kappa shape index (κ1) is 14.4. The van der Waals surface area contributed by atoms with E-state index in [2.05, 4.69) is 5.32 Å². The van der Waals surface area contributed by atoms with Gasteiger partial charge in [-0.05, 0) is 42.7 Å². The van der Waals surface area contributed by atoms with Gasteiger partial charge in [-0.25, -0.2) is 4.39 Å². The number of halogens is 3. The lowest BCUT2D eigenvalue weighted by Crippen LogP contribution is -2.33. The summed E-state index contributed by atoms with van der Waals surface area (Å²) in [7, 11) is 0. The molecule has 0 fully saturated rings. The lowest BCUT2D eigenvalue weighted by Gasteiger charge is -2.22. The number of hydrogen-bond donors (Lipinski definition) is 1. The van der Waals surface area contributed by atoms with Crippen molar-refractivity contribution in [1.82, 2.24) is 0 Å². The van der Waals surface area contributed by atoms with Gasteiger partial charge in [-0.1, -0.05) is 41.4 Å². The van der Waals surface area contributed by atoms with E-state index in [1.165, 1.54) is 6.07 Å². The van der Waals surface area contributed by atoms with E-state index in [-0.39, 0.29) is 10.9 Å². The highest BCUT2D eigenvalue weighted by molar-refractivity contribution is 6.34.